The van der Waals surface area contributed by atoms with Crippen LogP contribution in [0.15, 0.2) is 24.3 Å². The number of benzene rings is 1. The summed E-state index contributed by atoms with van der Waals surface area (Å²) in [6, 6.07) is 7.43. The van der Waals surface area contributed by atoms with Gasteiger partial charge in [0.05, 0.1) is 11.2 Å². The third-order valence-corrected chi connectivity index (χ3v) is 3.86. The Morgan fingerprint density at radius 2 is 1.76 bits per heavy atom. The molecule has 0 bridgehead atoms. The molecule has 2 rings (SSSR count). The van der Waals surface area contributed by atoms with E-state index in [1.165, 1.54) is 0 Å². The van der Waals surface area contributed by atoms with Crippen molar-refractivity contribution in [2.24, 2.45) is 0 Å². The Labute approximate surface area is 108 Å². The SMILES string of the molecule is CC1(C)CC(O)(c2ccccc2Cl)C(C)(C)O1. The highest BCUT2D eigenvalue weighted by atomic mass is 35.5. The van der Waals surface area contributed by atoms with E-state index >= 15 is 0 Å². The highest BCUT2D eigenvalue weighted by Crippen LogP contribution is 2.52. The van der Waals surface area contributed by atoms with E-state index < -0.39 is 11.2 Å². The lowest BCUT2D eigenvalue weighted by Crippen LogP contribution is -2.43. The summed E-state index contributed by atoms with van der Waals surface area (Å²) in [4.78, 5) is 0. The van der Waals surface area contributed by atoms with Crippen molar-refractivity contribution in [1.82, 2.24) is 0 Å². The lowest BCUT2D eigenvalue weighted by Gasteiger charge is -2.36. The molecule has 0 aromatic heterocycles. The van der Waals surface area contributed by atoms with Crippen molar-refractivity contribution in [3.05, 3.63) is 34.9 Å². The fraction of sp³-hybridized carbons (Fsp3) is 0.571. The maximum absolute atomic E-state index is 11.0. The van der Waals surface area contributed by atoms with Gasteiger partial charge in [-0.05, 0) is 33.8 Å². The summed E-state index contributed by atoms with van der Waals surface area (Å²) in [7, 11) is 0. The van der Waals surface area contributed by atoms with E-state index in [1.54, 1.807) is 6.07 Å². The number of rotatable bonds is 1. The van der Waals surface area contributed by atoms with Gasteiger partial charge in [0.2, 0.25) is 0 Å². The summed E-state index contributed by atoms with van der Waals surface area (Å²) in [6.07, 6.45) is 0.538. The quantitative estimate of drug-likeness (QED) is 0.831. The van der Waals surface area contributed by atoms with E-state index in [4.69, 9.17) is 16.3 Å². The highest BCUT2D eigenvalue weighted by molar-refractivity contribution is 6.31. The molecule has 1 saturated heterocycles. The van der Waals surface area contributed by atoms with Crippen molar-refractivity contribution in [2.75, 3.05) is 0 Å². The zero-order chi connectivity index (χ0) is 12.9. The molecule has 0 spiro atoms. The van der Waals surface area contributed by atoms with E-state index in [-0.39, 0.29) is 5.60 Å². The molecule has 1 aliphatic rings. The van der Waals surface area contributed by atoms with Crippen LogP contribution in [0.3, 0.4) is 0 Å². The first-order valence-corrected chi connectivity index (χ1v) is 6.23. The number of halogens is 1. The molecule has 2 nitrogen and oxygen atoms in total. The highest BCUT2D eigenvalue weighted by Gasteiger charge is 2.57. The molecule has 3 heteroatoms. The van der Waals surface area contributed by atoms with Crippen molar-refractivity contribution in [3.8, 4) is 0 Å². The summed E-state index contributed by atoms with van der Waals surface area (Å²) in [5.74, 6) is 0. The lowest BCUT2D eigenvalue weighted by atomic mass is 9.77. The molecule has 1 heterocycles. The molecule has 1 aliphatic heterocycles. The normalized spacial score (nSPS) is 30.5. The predicted octanol–water partition coefficient (Wildman–Crippen LogP) is 3.51. The largest absolute Gasteiger partial charge is 0.382 e. The Bertz CT molecular complexity index is 440. The topological polar surface area (TPSA) is 29.5 Å². The van der Waals surface area contributed by atoms with Crippen LogP contribution in [-0.4, -0.2) is 16.3 Å². The van der Waals surface area contributed by atoms with E-state index in [9.17, 15) is 5.11 Å². The average Bonchev–Trinajstić information content (AvgIpc) is 2.31. The van der Waals surface area contributed by atoms with E-state index in [0.717, 1.165) is 5.56 Å². The van der Waals surface area contributed by atoms with Crippen LogP contribution in [0.4, 0.5) is 0 Å². The molecule has 1 N–H and O–H groups in total. The third-order valence-electron chi connectivity index (χ3n) is 3.53. The van der Waals surface area contributed by atoms with Crippen LogP contribution in [0.25, 0.3) is 0 Å². The van der Waals surface area contributed by atoms with Gasteiger partial charge in [0.15, 0.2) is 0 Å². The second-order valence-corrected chi connectivity index (χ2v) is 6.30. The zero-order valence-corrected chi connectivity index (χ0v) is 11.5. The molecule has 0 radical (unpaired) electrons. The predicted molar refractivity (Wildman–Crippen MR) is 69.2 cm³/mol. The molecule has 1 fully saturated rings. The molecule has 1 aromatic carbocycles. The van der Waals surface area contributed by atoms with Crippen molar-refractivity contribution in [2.45, 2.75) is 50.9 Å². The van der Waals surface area contributed by atoms with Crippen LogP contribution >= 0.6 is 11.6 Å². The third kappa shape index (κ3) is 1.99. The monoisotopic (exact) mass is 254 g/mol. The fourth-order valence-corrected chi connectivity index (χ4v) is 3.15. The van der Waals surface area contributed by atoms with Gasteiger partial charge in [0.25, 0.3) is 0 Å². The Morgan fingerprint density at radius 3 is 2.24 bits per heavy atom. The number of aliphatic hydroxyl groups is 1. The first-order valence-electron chi connectivity index (χ1n) is 5.86. The fourth-order valence-electron chi connectivity index (χ4n) is 2.86. The number of ether oxygens (including phenoxy) is 1. The van der Waals surface area contributed by atoms with Crippen molar-refractivity contribution >= 4 is 11.6 Å². The van der Waals surface area contributed by atoms with Crippen LogP contribution in [0, 0.1) is 0 Å². The Morgan fingerprint density at radius 1 is 1.18 bits per heavy atom. The second kappa shape index (κ2) is 3.71. The molecular formula is C14H19ClO2. The van der Waals surface area contributed by atoms with Gasteiger partial charge in [-0.2, -0.15) is 0 Å². The number of hydrogen-bond donors (Lipinski definition) is 1. The van der Waals surface area contributed by atoms with Gasteiger partial charge in [0.1, 0.15) is 5.60 Å². The zero-order valence-electron chi connectivity index (χ0n) is 10.7. The molecule has 0 saturated carbocycles. The van der Waals surface area contributed by atoms with E-state index in [0.29, 0.717) is 11.4 Å². The van der Waals surface area contributed by atoms with Crippen LogP contribution in [0.1, 0.15) is 39.7 Å². The van der Waals surface area contributed by atoms with Gasteiger partial charge in [-0.1, -0.05) is 29.8 Å². The molecule has 0 aliphatic carbocycles. The standard InChI is InChI=1S/C14H19ClO2/c1-12(2)9-14(16,13(3,4)17-12)10-7-5-6-8-11(10)15/h5-8,16H,9H2,1-4H3. The molecule has 17 heavy (non-hydrogen) atoms. The maximum atomic E-state index is 11.0. The smallest absolute Gasteiger partial charge is 0.122 e. The Kier molecular flexibility index (Phi) is 2.81. The minimum absolute atomic E-state index is 0.350. The molecular weight excluding hydrogens is 236 g/mol. The lowest BCUT2D eigenvalue weighted by molar-refractivity contribution is -0.129. The van der Waals surface area contributed by atoms with Crippen molar-refractivity contribution < 1.29 is 9.84 Å². The molecule has 1 unspecified atom stereocenters. The first kappa shape index (κ1) is 12.9. The van der Waals surface area contributed by atoms with E-state index in [1.807, 2.05) is 45.9 Å². The van der Waals surface area contributed by atoms with Crippen LogP contribution in [0.5, 0.6) is 0 Å². The summed E-state index contributed by atoms with van der Waals surface area (Å²) in [5.41, 5.74) is -1.30. The molecule has 1 atom stereocenters. The minimum Gasteiger partial charge on any atom is -0.382 e. The Balaban J connectivity index is 2.54. The summed E-state index contributed by atoms with van der Waals surface area (Å²) < 4.78 is 5.95. The van der Waals surface area contributed by atoms with Gasteiger partial charge >= 0.3 is 0 Å². The summed E-state index contributed by atoms with van der Waals surface area (Å²) >= 11 is 6.20. The first-order chi connectivity index (χ1) is 7.68. The van der Waals surface area contributed by atoms with Crippen molar-refractivity contribution in [3.63, 3.8) is 0 Å². The van der Waals surface area contributed by atoms with Crippen LogP contribution in [-0.2, 0) is 10.3 Å². The van der Waals surface area contributed by atoms with Crippen LogP contribution < -0.4 is 0 Å². The summed E-state index contributed by atoms with van der Waals surface area (Å²) in [6.45, 7) is 7.79. The minimum atomic E-state index is -1.05. The molecule has 0 amide bonds. The second-order valence-electron chi connectivity index (χ2n) is 5.89. The van der Waals surface area contributed by atoms with Gasteiger partial charge in [-0.3, -0.25) is 0 Å². The van der Waals surface area contributed by atoms with Crippen LogP contribution in [0.2, 0.25) is 5.02 Å². The number of hydrogen-bond acceptors (Lipinski definition) is 2. The van der Waals surface area contributed by atoms with Gasteiger partial charge in [-0.25, -0.2) is 0 Å². The van der Waals surface area contributed by atoms with Gasteiger partial charge < -0.3 is 9.84 Å². The summed E-state index contributed by atoms with van der Waals surface area (Å²) in [5, 5.41) is 11.6. The Hall–Kier alpha value is -0.570. The average molecular weight is 255 g/mol. The van der Waals surface area contributed by atoms with Gasteiger partial charge in [-0.15, -0.1) is 0 Å². The molecule has 94 valence electrons. The maximum Gasteiger partial charge on any atom is 0.122 e. The van der Waals surface area contributed by atoms with Gasteiger partial charge in [0, 0.05) is 17.0 Å². The van der Waals surface area contributed by atoms with Crippen molar-refractivity contribution in [1.29, 1.82) is 0 Å². The molecule has 1 aromatic rings. The van der Waals surface area contributed by atoms with E-state index in [2.05, 4.69) is 0 Å².